The molecule has 0 radical (unpaired) electrons. The zero-order valence-corrected chi connectivity index (χ0v) is 13.8. The van der Waals surface area contributed by atoms with Gasteiger partial charge in [0, 0.05) is 31.7 Å². The number of aliphatic hydroxyl groups is 1. The summed E-state index contributed by atoms with van der Waals surface area (Å²) in [5, 5.41) is 12.6. The van der Waals surface area contributed by atoms with Gasteiger partial charge in [-0.05, 0) is 37.5 Å². The van der Waals surface area contributed by atoms with Crippen LogP contribution in [0.15, 0.2) is 0 Å². The first-order valence-electron chi connectivity index (χ1n) is 9.26. The molecule has 4 rings (SSSR count). The third kappa shape index (κ3) is 3.35. The molecule has 0 aromatic rings. The number of carbonyl (C=O) groups excluding carboxylic acids is 1. The average Bonchev–Trinajstić information content (AvgIpc) is 3.39. The number of hydrogen-bond acceptors (Lipinski definition) is 4. The van der Waals surface area contributed by atoms with Gasteiger partial charge in [0.15, 0.2) is 0 Å². The molecule has 0 aromatic carbocycles. The first-order chi connectivity index (χ1) is 11.2. The molecule has 2 bridgehead atoms. The van der Waals surface area contributed by atoms with Crippen LogP contribution in [0.2, 0.25) is 0 Å². The lowest BCUT2D eigenvalue weighted by Gasteiger charge is -2.48. The van der Waals surface area contributed by atoms with E-state index in [0.29, 0.717) is 37.6 Å². The lowest BCUT2D eigenvalue weighted by atomic mass is 9.73. The highest BCUT2D eigenvalue weighted by atomic mass is 16.5. The van der Waals surface area contributed by atoms with Crippen molar-refractivity contribution in [2.45, 2.75) is 50.3 Å². The second kappa shape index (κ2) is 6.57. The number of ether oxygens (including phenoxy) is 1. The number of morpholine rings is 1. The molecular formula is C17H29N3O3. The summed E-state index contributed by atoms with van der Waals surface area (Å²) in [6.07, 6.45) is 6.30. The molecule has 2 heterocycles. The SMILES string of the molecule is O=C(NC1[C@H]2CCC[C@H]1CN(C1CC1)C2)N1CCO[C@H](CO)C1. The minimum atomic E-state index is -0.231. The summed E-state index contributed by atoms with van der Waals surface area (Å²) in [7, 11) is 0. The Labute approximate surface area is 138 Å². The fraction of sp³-hybridized carbons (Fsp3) is 0.941. The monoisotopic (exact) mass is 323 g/mol. The first-order valence-corrected chi connectivity index (χ1v) is 9.26. The van der Waals surface area contributed by atoms with Crippen molar-refractivity contribution in [3.8, 4) is 0 Å². The molecule has 2 N–H and O–H groups in total. The molecule has 6 nitrogen and oxygen atoms in total. The van der Waals surface area contributed by atoms with Crippen LogP contribution in [0.1, 0.15) is 32.1 Å². The van der Waals surface area contributed by atoms with Gasteiger partial charge in [0.1, 0.15) is 0 Å². The van der Waals surface area contributed by atoms with Gasteiger partial charge in [-0.3, -0.25) is 4.90 Å². The topological polar surface area (TPSA) is 65.0 Å². The van der Waals surface area contributed by atoms with E-state index in [1.807, 2.05) is 4.90 Å². The molecule has 0 unspecified atom stereocenters. The fourth-order valence-electron chi connectivity index (χ4n) is 4.69. The molecule has 6 heteroatoms. The van der Waals surface area contributed by atoms with Crippen molar-refractivity contribution in [2.24, 2.45) is 11.8 Å². The number of hydrogen-bond donors (Lipinski definition) is 2. The van der Waals surface area contributed by atoms with Gasteiger partial charge >= 0.3 is 6.03 Å². The third-order valence-corrected chi connectivity index (χ3v) is 6.09. The summed E-state index contributed by atoms with van der Waals surface area (Å²) in [5.41, 5.74) is 0. The number of nitrogens with one attached hydrogen (secondary N) is 1. The van der Waals surface area contributed by atoms with Crippen LogP contribution in [0.4, 0.5) is 4.79 Å². The first kappa shape index (κ1) is 15.7. The number of piperidine rings is 1. The van der Waals surface area contributed by atoms with Crippen LogP contribution >= 0.6 is 0 Å². The van der Waals surface area contributed by atoms with E-state index in [2.05, 4.69) is 10.2 Å². The lowest BCUT2D eigenvalue weighted by Crippen LogP contribution is -2.61. The van der Waals surface area contributed by atoms with Gasteiger partial charge in [0.25, 0.3) is 0 Å². The average molecular weight is 323 g/mol. The van der Waals surface area contributed by atoms with Gasteiger partial charge < -0.3 is 20.1 Å². The lowest BCUT2D eigenvalue weighted by molar-refractivity contribution is -0.0419. The van der Waals surface area contributed by atoms with E-state index in [9.17, 15) is 9.90 Å². The maximum Gasteiger partial charge on any atom is 0.317 e. The Morgan fingerprint density at radius 1 is 1.13 bits per heavy atom. The Morgan fingerprint density at radius 3 is 2.52 bits per heavy atom. The van der Waals surface area contributed by atoms with E-state index in [4.69, 9.17) is 4.74 Å². The molecule has 0 spiro atoms. The number of aliphatic hydroxyl groups excluding tert-OH is 1. The van der Waals surface area contributed by atoms with Crippen molar-refractivity contribution in [2.75, 3.05) is 39.4 Å². The molecule has 2 aliphatic heterocycles. The molecule has 2 saturated carbocycles. The highest BCUT2D eigenvalue weighted by Crippen LogP contribution is 2.39. The molecule has 2 saturated heterocycles. The van der Waals surface area contributed by atoms with Crippen molar-refractivity contribution in [1.82, 2.24) is 15.1 Å². The highest BCUT2D eigenvalue weighted by Gasteiger charge is 2.44. The molecule has 130 valence electrons. The van der Waals surface area contributed by atoms with Crippen LogP contribution in [-0.2, 0) is 4.74 Å². The number of fused-ring (bicyclic) bond motifs is 2. The number of likely N-dealkylation sites (tertiary alicyclic amines) is 1. The van der Waals surface area contributed by atoms with Gasteiger partial charge in [-0.25, -0.2) is 4.79 Å². The van der Waals surface area contributed by atoms with Crippen molar-refractivity contribution < 1.29 is 14.6 Å². The van der Waals surface area contributed by atoms with Crippen LogP contribution in [0.5, 0.6) is 0 Å². The minimum Gasteiger partial charge on any atom is -0.394 e. The smallest absolute Gasteiger partial charge is 0.317 e. The molecule has 2 amide bonds. The maximum atomic E-state index is 12.7. The molecule has 23 heavy (non-hydrogen) atoms. The Balaban J connectivity index is 1.37. The van der Waals surface area contributed by atoms with Gasteiger partial charge in [0.05, 0.1) is 25.9 Å². The van der Waals surface area contributed by atoms with E-state index >= 15 is 0 Å². The molecule has 0 aromatic heterocycles. The summed E-state index contributed by atoms with van der Waals surface area (Å²) < 4.78 is 5.44. The maximum absolute atomic E-state index is 12.7. The number of nitrogens with zero attached hydrogens (tertiary/aromatic N) is 2. The van der Waals surface area contributed by atoms with Crippen molar-refractivity contribution in [3.05, 3.63) is 0 Å². The summed E-state index contributed by atoms with van der Waals surface area (Å²) in [6, 6.07) is 1.20. The zero-order valence-electron chi connectivity index (χ0n) is 13.8. The zero-order chi connectivity index (χ0) is 15.8. The predicted octanol–water partition coefficient (Wildman–Crippen LogP) is 0.652. The molecule has 4 aliphatic rings. The van der Waals surface area contributed by atoms with Crippen molar-refractivity contribution in [1.29, 1.82) is 0 Å². The van der Waals surface area contributed by atoms with Gasteiger partial charge in [-0.1, -0.05) is 6.42 Å². The Bertz CT molecular complexity index is 429. The van der Waals surface area contributed by atoms with Gasteiger partial charge in [-0.15, -0.1) is 0 Å². The van der Waals surface area contributed by atoms with Crippen molar-refractivity contribution in [3.63, 3.8) is 0 Å². The van der Waals surface area contributed by atoms with E-state index in [1.165, 1.54) is 32.1 Å². The fourth-order valence-corrected chi connectivity index (χ4v) is 4.69. The van der Waals surface area contributed by atoms with Gasteiger partial charge in [-0.2, -0.15) is 0 Å². The Hall–Kier alpha value is -0.850. The van der Waals surface area contributed by atoms with Crippen molar-refractivity contribution >= 4 is 6.03 Å². The number of carbonyl (C=O) groups is 1. The normalized spacial score (nSPS) is 38.4. The summed E-state index contributed by atoms with van der Waals surface area (Å²) >= 11 is 0. The summed E-state index contributed by atoms with van der Waals surface area (Å²) in [5.74, 6) is 1.23. The van der Waals surface area contributed by atoms with Crippen LogP contribution in [0, 0.1) is 11.8 Å². The summed E-state index contributed by atoms with van der Waals surface area (Å²) in [6.45, 7) is 3.95. The Kier molecular flexibility index (Phi) is 4.48. The van der Waals surface area contributed by atoms with Gasteiger partial charge in [0.2, 0.25) is 0 Å². The predicted molar refractivity (Wildman–Crippen MR) is 86.1 cm³/mol. The standard InChI is InChI=1S/C17H29N3O3/c21-11-15-10-19(6-7-23-15)17(22)18-16-12-2-1-3-13(16)9-20(8-12)14-4-5-14/h12-16,21H,1-11H2,(H,18,22)/t12-,13-,15-/m0/s1. The summed E-state index contributed by atoms with van der Waals surface area (Å²) in [4.78, 5) is 17.1. The largest absolute Gasteiger partial charge is 0.394 e. The number of amides is 2. The Morgan fingerprint density at radius 2 is 1.87 bits per heavy atom. The van der Waals surface area contributed by atoms with E-state index < -0.39 is 0 Å². The molecule has 4 fully saturated rings. The highest BCUT2D eigenvalue weighted by molar-refractivity contribution is 5.74. The number of urea groups is 1. The number of rotatable bonds is 3. The molecule has 2 aliphatic carbocycles. The van der Waals surface area contributed by atoms with Crippen LogP contribution in [-0.4, -0.2) is 78.5 Å². The third-order valence-electron chi connectivity index (χ3n) is 6.09. The quantitative estimate of drug-likeness (QED) is 0.800. The van der Waals surface area contributed by atoms with E-state index in [0.717, 1.165) is 19.1 Å². The van der Waals surface area contributed by atoms with E-state index in [1.54, 1.807) is 0 Å². The molecule has 3 atom stereocenters. The van der Waals surface area contributed by atoms with Crippen LogP contribution in [0.3, 0.4) is 0 Å². The molecular weight excluding hydrogens is 294 g/mol. The minimum absolute atomic E-state index is 0.0190. The second-order valence-electron chi connectivity index (χ2n) is 7.73. The second-order valence-corrected chi connectivity index (χ2v) is 7.73. The van der Waals surface area contributed by atoms with Crippen LogP contribution in [0.25, 0.3) is 0 Å². The van der Waals surface area contributed by atoms with E-state index in [-0.39, 0.29) is 18.7 Å². The van der Waals surface area contributed by atoms with Crippen LogP contribution < -0.4 is 5.32 Å².